The van der Waals surface area contributed by atoms with Gasteiger partial charge in [-0.1, -0.05) is 0 Å². The summed E-state index contributed by atoms with van der Waals surface area (Å²) in [6, 6.07) is 5.67. The van der Waals surface area contributed by atoms with Crippen LogP contribution in [0.15, 0.2) is 24.3 Å². The number of nitro benzene ring substituents is 1. The minimum absolute atomic E-state index is 0.00384. The van der Waals surface area contributed by atoms with E-state index in [4.69, 9.17) is 11.5 Å². The zero-order valence-corrected chi connectivity index (χ0v) is 9.08. The van der Waals surface area contributed by atoms with Gasteiger partial charge in [-0.05, 0) is 12.1 Å². The number of primary amides is 1. The normalized spacial score (nSPS) is 10.2. The molecule has 0 aliphatic rings. The number of anilines is 1. The first kappa shape index (κ1) is 11.6. The number of nitrogens with one attached hydrogen (secondary N) is 1. The Morgan fingerprint density at radius 3 is 2.39 bits per heavy atom. The number of rotatable bonds is 3. The number of nitrogens with zero attached hydrogens (tertiary/aromatic N) is 2. The molecule has 0 fully saturated rings. The number of benzene rings is 1. The number of carbonyl (C=O) groups excluding carboxylic acids is 1. The fourth-order valence-corrected chi connectivity index (χ4v) is 1.45. The summed E-state index contributed by atoms with van der Waals surface area (Å²) in [5.74, 6) is -0.389. The number of imidazole rings is 1. The summed E-state index contributed by atoms with van der Waals surface area (Å²) in [4.78, 5) is 27.6. The lowest BCUT2D eigenvalue weighted by Crippen LogP contribution is -2.13. The lowest BCUT2D eigenvalue weighted by atomic mass is 10.2. The average Bonchev–Trinajstić information content (AvgIpc) is 2.71. The molecule has 2 aromatic rings. The molecular formula is C10H9N5O3. The highest BCUT2D eigenvalue weighted by molar-refractivity contribution is 5.96. The minimum Gasteiger partial charge on any atom is -0.382 e. The number of nitrogens with two attached hydrogens (primary N) is 2. The summed E-state index contributed by atoms with van der Waals surface area (Å²) in [7, 11) is 0. The molecule has 18 heavy (non-hydrogen) atoms. The highest BCUT2D eigenvalue weighted by atomic mass is 16.6. The van der Waals surface area contributed by atoms with Crippen LogP contribution in [-0.4, -0.2) is 20.8 Å². The Kier molecular flexibility index (Phi) is 2.68. The van der Waals surface area contributed by atoms with Crippen LogP contribution in [0.5, 0.6) is 0 Å². The number of nitrogen functional groups attached to an aromatic ring is 1. The maximum atomic E-state index is 11.0. The Morgan fingerprint density at radius 2 is 1.94 bits per heavy atom. The summed E-state index contributed by atoms with van der Waals surface area (Å²) >= 11 is 0. The molecule has 8 heteroatoms. The van der Waals surface area contributed by atoms with Gasteiger partial charge in [0.1, 0.15) is 11.5 Å². The molecule has 1 heterocycles. The van der Waals surface area contributed by atoms with Crippen molar-refractivity contribution in [3.8, 4) is 11.4 Å². The number of hydrogen-bond donors (Lipinski definition) is 3. The van der Waals surface area contributed by atoms with Gasteiger partial charge in [0.25, 0.3) is 11.6 Å². The van der Waals surface area contributed by atoms with E-state index in [2.05, 4.69) is 9.97 Å². The molecule has 0 aliphatic heterocycles. The number of aromatic amines is 1. The number of H-pyrrole nitrogens is 1. The minimum atomic E-state index is -0.715. The van der Waals surface area contributed by atoms with Crippen molar-refractivity contribution in [2.75, 3.05) is 5.73 Å². The second-order valence-corrected chi connectivity index (χ2v) is 3.51. The Balaban J connectivity index is 2.40. The van der Waals surface area contributed by atoms with Crippen LogP contribution in [0.4, 0.5) is 11.5 Å². The van der Waals surface area contributed by atoms with Gasteiger partial charge < -0.3 is 16.5 Å². The number of hydrogen-bond acceptors (Lipinski definition) is 5. The Bertz CT molecular complexity index is 617. The zero-order chi connectivity index (χ0) is 13.3. The first-order valence-corrected chi connectivity index (χ1v) is 4.89. The van der Waals surface area contributed by atoms with Crippen LogP contribution in [0.1, 0.15) is 10.5 Å². The highest BCUT2D eigenvalue weighted by Crippen LogP contribution is 2.22. The average molecular weight is 247 g/mol. The van der Waals surface area contributed by atoms with Crippen molar-refractivity contribution in [3.05, 3.63) is 40.1 Å². The molecule has 0 saturated heterocycles. The van der Waals surface area contributed by atoms with Crippen LogP contribution >= 0.6 is 0 Å². The van der Waals surface area contributed by atoms with Gasteiger partial charge in [0.15, 0.2) is 5.82 Å². The monoisotopic (exact) mass is 247 g/mol. The number of non-ortho nitro benzene ring substituents is 1. The van der Waals surface area contributed by atoms with E-state index in [1.54, 1.807) is 0 Å². The summed E-state index contributed by atoms with van der Waals surface area (Å²) < 4.78 is 0. The number of carbonyl (C=O) groups is 1. The quantitative estimate of drug-likeness (QED) is 0.539. The van der Waals surface area contributed by atoms with E-state index in [1.165, 1.54) is 24.3 Å². The second kappa shape index (κ2) is 4.17. The van der Waals surface area contributed by atoms with Crippen LogP contribution in [0.2, 0.25) is 0 Å². The molecule has 2 rings (SSSR count). The first-order chi connectivity index (χ1) is 8.49. The SMILES string of the molecule is NC(=O)c1[nH]c(-c2ccc([N+](=O)[O-])cc2)nc1N. The lowest BCUT2D eigenvalue weighted by Gasteiger charge is -1.96. The maximum absolute atomic E-state index is 11.0. The molecule has 1 amide bonds. The van der Waals surface area contributed by atoms with Gasteiger partial charge in [-0.2, -0.15) is 0 Å². The third kappa shape index (κ3) is 1.98. The van der Waals surface area contributed by atoms with Crippen molar-refractivity contribution in [2.45, 2.75) is 0 Å². The zero-order valence-electron chi connectivity index (χ0n) is 9.08. The molecule has 5 N–H and O–H groups in total. The third-order valence-corrected chi connectivity index (χ3v) is 2.33. The van der Waals surface area contributed by atoms with Crippen molar-refractivity contribution in [1.82, 2.24) is 9.97 Å². The summed E-state index contributed by atoms with van der Waals surface area (Å²) in [5, 5.41) is 10.5. The molecule has 0 saturated carbocycles. The molecule has 0 bridgehead atoms. The van der Waals surface area contributed by atoms with E-state index >= 15 is 0 Å². The van der Waals surface area contributed by atoms with E-state index in [0.29, 0.717) is 11.4 Å². The van der Waals surface area contributed by atoms with Crippen molar-refractivity contribution >= 4 is 17.4 Å². The highest BCUT2D eigenvalue weighted by Gasteiger charge is 2.14. The molecule has 1 aromatic carbocycles. The molecule has 0 aliphatic carbocycles. The Morgan fingerprint density at radius 1 is 1.33 bits per heavy atom. The van der Waals surface area contributed by atoms with E-state index < -0.39 is 10.8 Å². The van der Waals surface area contributed by atoms with Gasteiger partial charge in [0.05, 0.1) is 4.92 Å². The Hall–Kier alpha value is -2.90. The van der Waals surface area contributed by atoms with E-state index in [1.807, 2.05) is 0 Å². The van der Waals surface area contributed by atoms with E-state index in [-0.39, 0.29) is 17.2 Å². The van der Waals surface area contributed by atoms with Gasteiger partial charge in [-0.3, -0.25) is 14.9 Å². The van der Waals surface area contributed by atoms with Gasteiger partial charge in [0, 0.05) is 17.7 Å². The fraction of sp³-hybridized carbons (Fsp3) is 0. The van der Waals surface area contributed by atoms with Crippen LogP contribution in [0, 0.1) is 10.1 Å². The largest absolute Gasteiger partial charge is 0.382 e. The van der Waals surface area contributed by atoms with Gasteiger partial charge in [-0.15, -0.1) is 0 Å². The molecule has 0 spiro atoms. The smallest absolute Gasteiger partial charge is 0.269 e. The summed E-state index contributed by atoms with van der Waals surface area (Å²) in [6.45, 7) is 0. The predicted molar refractivity (Wildman–Crippen MR) is 63.6 cm³/mol. The third-order valence-electron chi connectivity index (χ3n) is 2.33. The van der Waals surface area contributed by atoms with Crippen molar-refractivity contribution in [2.24, 2.45) is 5.73 Å². The molecule has 0 atom stereocenters. The van der Waals surface area contributed by atoms with Crippen LogP contribution in [0.25, 0.3) is 11.4 Å². The number of amides is 1. The topological polar surface area (TPSA) is 141 Å². The number of aromatic nitrogens is 2. The fourth-order valence-electron chi connectivity index (χ4n) is 1.45. The lowest BCUT2D eigenvalue weighted by molar-refractivity contribution is -0.384. The van der Waals surface area contributed by atoms with Crippen molar-refractivity contribution < 1.29 is 9.72 Å². The van der Waals surface area contributed by atoms with E-state index in [9.17, 15) is 14.9 Å². The van der Waals surface area contributed by atoms with Gasteiger partial charge in [-0.25, -0.2) is 4.98 Å². The van der Waals surface area contributed by atoms with Crippen LogP contribution < -0.4 is 11.5 Å². The van der Waals surface area contributed by atoms with Crippen molar-refractivity contribution in [3.63, 3.8) is 0 Å². The Labute approximate surface area is 101 Å². The van der Waals surface area contributed by atoms with Gasteiger partial charge >= 0.3 is 0 Å². The van der Waals surface area contributed by atoms with Crippen LogP contribution in [-0.2, 0) is 0 Å². The standard InChI is InChI=1S/C10H9N5O3/c11-8-7(9(12)16)13-10(14-8)5-1-3-6(4-2-5)15(17)18/h1-4H,11H2,(H2,12,16)(H,13,14). The molecule has 0 unspecified atom stereocenters. The maximum Gasteiger partial charge on any atom is 0.269 e. The predicted octanol–water partition coefficient (Wildman–Crippen LogP) is 0.666. The van der Waals surface area contributed by atoms with E-state index in [0.717, 1.165) is 0 Å². The molecule has 92 valence electrons. The second-order valence-electron chi connectivity index (χ2n) is 3.51. The van der Waals surface area contributed by atoms with Gasteiger partial charge in [0.2, 0.25) is 0 Å². The molecular weight excluding hydrogens is 238 g/mol. The first-order valence-electron chi connectivity index (χ1n) is 4.89. The molecule has 8 nitrogen and oxygen atoms in total. The molecule has 0 radical (unpaired) electrons. The summed E-state index contributed by atoms with van der Waals surface area (Å²) in [6.07, 6.45) is 0. The van der Waals surface area contributed by atoms with Crippen LogP contribution in [0.3, 0.4) is 0 Å². The van der Waals surface area contributed by atoms with Crippen molar-refractivity contribution in [1.29, 1.82) is 0 Å². The molecule has 1 aromatic heterocycles. The number of nitro groups is 1. The summed E-state index contributed by atoms with van der Waals surface area (Å²) in [5.41, 5.74) is 11.1.